The molecule has 2 rings (SSSR count). The van der Waals surface area contributed by atoms with Crippen molar-refractivity contribution < 1.29 is 9.18 Å². The van der Waals surface area contributed by atoms with Crippen LogP contribution in [-0.4, -0.2) is 24.0 Å². The molecule has 1 saturated heterocycles. The fourth-order valence-corrected chi connectivity index (χ4v) is 2.22. The Morgan fingerprint density at radius 3 is 2.44 bits per heavy atom. The highest BCUT2D eigenvalue weighted by Gasteiger charge is 2.18. The van der Waals surface area contributed by atoms with Crippen LogP contribution in [0.1, 0.15) is 19.3 Å². The van der Waals surface area contributed by atoms with Gasteiger partial charge in [-0.25, -0.2) is 9.18 Å². The van der Waals surface area contributed by atoms with Gasteiger partial charge in [0.1, 0.15) is 5.82 Å². The van der Waals surface area contributed by atoms with Crippen molar-refractivity contribution in [3.05, 3.63) is 28.0 Å². The number of benzene rings is 1. The Bertz CT molecular complexity index is 462. The van der Waals surface area contributed by atoms with Crippen molar-refractivity contribution in [2.45, 2.75) is 19.3 Å². The van der Waals surface area contributed by atoms with E-state index in [9.17, 15) is 9.18 Å². The van der Waals surface area contributed by atoms with Gasteiger partial charge in [-0.05, 0) is 31.4 Å². The first-order valence-electron chi connectivity index (χ1n) is 5.78. The van der Waals surface area contributed by atoms with Gasteiger partial charge in [0.25, 0.3) is 0 Å². The first kappa shape index (κ1) is 13.4. The van der Waals surface area contributed by atoms with E-state index in [1.54, 1.807) is 4.90 Å². The first-order chi connectivity index (χ1) is 8.58. The standard InChI is InChI=1S/C12H13Cl2FN2O/c13-8-6-10(15)11(7-9(8)14)16-12(18)17-4-2-1-3-5-17/h6-7H,1-5H2,(H,16,18). The summed E-state index contributed by atoms with van der Waals surface area (Å²) in [5.74, 6) is -0.588. The number of hydrogen-bond acceptors (Lipinski definition) is 1. The molecule has 0 saturated carbocycles. The second-order valence-corrected chi connectivity index (χ2v) is 5.04. The number of urea groups is 1. The van der Waals surface area contributed by atoms with Crippen LogP contribution in [0.2, 0.25) is 10.0 Å². The molecular formula is C12H13Cl2FN2O. The summed E-state index contributed by atoms with van der Waals surface area (Å²) in [5, 5.41) is 2.86. The van der Waals surface area contributed by atoms with Crippen LogP contribution in [0, 0.1) is 5.82 Å². The zero-order valence-electron chi connectivity index (χ0n) is 9.68. The highest BCUT2D eigenvalue weighted by molar-refractivity contribution is 6.42. The number of hydrogen-bond donors (Lipinski definition) is 1. The minimum Gasteiger partial charge on any atom is -0.325 e. The Hall–Kier alpha value is -1.00. The van der Waals surface area contributed by atoms with Gasteiger partial charge < -0.3 is 10.2 Å². The molecule has 1 fully saturated rings. The minimum atomic E-state index is -0.588. The van der Waals surface area contributed by atoms with Crippen molar-refractivity contribution in [2.75, 3.05) is 18.4 Å². The van der Waals surface area contributed by atoms with Crippen LogP contribution in [0.3, 0.4) is 0 Å². The molecule has 1 aliphatic rings. The predicted molar refractivity (Wildman–Crippen MR) is 70.9 cm³/mol. The van der Waals surface area contributed by atoms with Crippen LogP contribution in [0.4, 0.5) is 14.9 Å². The number of carbonyl (C=O) groups is 1. The predicted octanol–water partition coefficient (Wildman–Crippen LogP) is 4.15. The summed E-state index contributed by atoms with van der Waals surface area (Å²) in [5.41, 5.74) is 0.0555. The average molecular weight is 291 g/mol. The van der Waals surface area contributed by atoms with Crippen molar-refractivity contribution in [1.29, 1.82) is 0 Å². The molecule has 1 heterocycles. The molecule has 98 valence electrons. The van der Waals surface area contributed by atoms with E-state index >= 15 is 0 Å². The molecule has 0 unspecified atom stereocenters. The fourth-order valence-electron chi connectivity index (χ4n) is 1.91. The lowest BCUT2D eigenvalue weighted by Gasteiger charge is -2.26. The zero-order valence-corrected chi connectivity index (χ0v) is 11.2. The molecule has 0 aromatic heterocycles. The molecule has 0 bridgehead atoms. The summed E-state index contributed by atoms with van der Waals surface area (Å²) >= 11 is 11.5. The van der Waals surface area contributed by atoms with E-state index in [2.05, 4.69) is 5.32 Å². The van der Waals surface area contributed by atoms with Gasteiger partial charge in [0, 0.05) is 13.1 Å². The Morgan fingerprint density at radius 1 is 1.17 bits per heavy atom. The molecule has 1 N–H and O–H groups in total. The largest absolute Gasteiger partial charge is 0.325 e. The van der Waals surface area contributed by atoms with E-state index < -0.39 is 5.82 Å². The molecular weight excluding hydrogens is 278 g/mol. The number of rotatable bonds is 1. The van der Waals surface area contributed by atoms with Crippen molar-refractivity contribution in [3.63, 3.8) is 0 Å². The summed E-state index contributed by atoms with van der Waals surface area (Å²) in [4.78, 5) is 13.6. The first-order valence-corrected chi connectivity index (χ1v) is 6.54. The number of likely N-dealkylation sites (tertiary alicyclic amines) is 1. The second-order valence-electron chi connectivity index (χ2n) is 4.22. The monoisotopic (exact) mass is 290 g/mol. The lowest BCUT2D eigenvalue weighted by molar-refractivity contribution is 0.200. The molecule has 18 heavy (non-hydrogen) atoms. The van der Waals surface area contributed by atoms with Gasteiger partial charge in [-0.2, -0.15) is 0 Å². The molecule has 2 amide bonds. The Morgan fingerprint density at radius 2 is 1.78 bits per heavy atom. The molecule has 1 aromatic rings. The van der Waals surface area contributed by atoms with E-state index in [-0.39, 0.29) is 21.8 Å². The lowest BCUT2D eigenvalue weighted by Crippen LogP contribution is -2.38. The molecule has 3 nitrogen and oxygen atoms in total. The third-order valence-electron chi connectivity index (χ3n) is 2.89. The van der Waals surface area contributed by atoms with Crippen LogP contribution in [0.5, 0.6) is 0 Å². The molecule has 6 heteroatoms. The topological polar surface area (TPSA) is 32.3 Å². The normalized spacial score (nSPS) is 15.6. The number of anilines is 1. The van der Waals surface area contributed by atoms with Crippen LogP contribution < -0.4 is 5.32 Å². The maximum Gasteiger partial charge on any atom is 0.321 e. The van der Waals surface area contributed by atoms with Crippen molar-refractivity contribution >= 4 is 34.9 Å². The highest BCUT2D eigenvalue weighted by Crippen LogP contribution is 2.28. The second kappa shape index (κ2) is 5.76. The van der Waals surface area contributed by atoms with Gasteiger partial charge in [-0.3, -0.25) is 0 Å². The van der Waals surface area contributed by atoms with Gasteiger partial charge in [-0.15, -0.1) is 0 Å². The number of amides is 2. The average Bonchev–Trinajstić information content (AvgIpc) is 2.37. The van der Waals surface area contributed by atoms with Crippen molar-refractivity contribution in [2.24, 2.45) is 0 Å². The fraction of sp³-hybridized carbons (Fsp3) is 0.417. The highest BCUT2D eigenvalue weighted by atomic mass is 35.5. The summed E-state index contributed by atoms with van der Waals surface area (Å²) in [6.45, 7) is 1.41. The zero-order chi connectivity index (χ0) is 13.1. The molecule has 0 spiro atoms. The van der Waals surface area contributed by atoms with Gasteiger partial charge in [0.15, 0.2) is 0 Å². The van der Waals surface area contributed by atoms with Crippen molar-refractivity contribution in [3.8, 4) is 0 Å². The van der Waals surface area contributed by atoms with E-state index in [4.69, 9.17) is 23.2 Å². The number of nitrogens with one attached hydrogen (secondary N) is 1. The molecule has 0 atom stereocenters. The van der Waals surface area contributed by atoms with E-state index in [1.807, 2.05) is 0 Å². The van der Waals surface area contributed by atoms with Gasteiger partial charge in [0.2, 0.25) is 0 Å². The smallest absolute Gasteiger partial charge is 0.321 e. The quantitative estimate of drug-likeness (QED) is 0.774. The molecule has 0 radical (unpaired) electrons. The summed E-state index contributed by atoms with van der Waals surface area (Å²) < 4.78 is 13.6. The summed E-state index contributed by atoms with van der Waals surface area (Å²) in [6, 6.07) is 2.11. The molecule has 1 aliphatic heterocycles. The number of nitrogens with zero attached hydrogens (tertiary/aromatic N) is 1. The Labute approximate surface area is 115 Å². The van der Waals surface area contributed by atoms with Crippen LogP contribution in [0.15, 0.2) is 12.1 Å². The van der Waals surface area contributed by atoms with Gasteiger partial charge >= 0.3 is 6.03 Å². The van der Waals surface area contributed by atoms with E-state index in [0.717, 1.165) is 25.3 Å². The molecule has 0 aliphatic carbocycles. The summed E-state index contributed by atoms with van der Waals surface area (Å²) in [6.07, 6.45) is 3.10. The van der Waals surface area contributed by atoms with Crippen LogP contribution in [-0.2, 0) is 0 Å². The third-order valence-corrected chi connectivity index (χ3v) is 3.62. The maximum absolute atomic E-state index is 13.6. The Kier molecular flexibility index (Phi) is 4.30. The Balaban J connectivity index is 2.08. The minimum absolute atomic E-state index is 0.0555. The van der Waals surface area contributed by atoms with Gasteiger partial charge in [-0.1, -0.05) is 23.2 Å². The summed E-state index contributed by atoms with van der Waals surface area (Å²) in [7, 11) is 0. The maximum atomic E-state index is 13.6. The number of halogens is 3. The molecule has 1 aromatic carbocycles. The van der Waals surface area contributed by atoms with Gasteiger partial charge in [0.05, 0.1) is 15.7 Å². The van der Waals surface area contributed by atoms with Crippen LogP contribution >= 0.6 is 23.2 Å². The number of piperidine rings is 1. The lowest BCUT2D eigenvalue weighted by atomic mass is 10.1. The van der Waals surface area contributed by atoms with E-state index in [0.29, 0.717) is 13.1 Å². The number of carbonyl (C=O) groups excluding carboxylic acids is 1. The van der Waals surface area contributed by atoms with Crippen molar-refractivity contribution in [1.82, 2.24) is 4.90 Å². The third kappa shape index (κ3) is 3.06. The van der Waals surface area contributed by atoms with Crippen LogP contribution in [0.25, 0.3) is 0 Å². The van der Waals surface area contributed by atoms with E-state index in [1.165, 1.54) is 6.07 Å². The SMILES string of the molecule is O=C(Nc1cc(Cl)c(Cl)cc1F)N1CCCCC1.